The van der Waals surface area contributed by atoms with Crippen molar-refractivity contribution in [2.45, 2.75) is 51.1 Å². The van der Waals surface area contributed by atoms with E-state index in [1.807, 2.05) is 0 Å². The predicted octanol–water partition coefficient (Wildman–Crippen LogP) is 0.478. The first-order valence-electron chi connectivity index (χ1n) is 6.50. The van der Waals surface area contributed by atoms with Gasteiger partial charge >= 0.3 is 11.9 Å². The summed E-state index contributed by atoms with van der Waals surface area (Å²) in [5, 5.41) is 19.4. The van der Waals surface area contributed by atoms with Crippen molar-refractivity contribution in [2.75, 3.05) is 0 Å². The van der Waals surface area contributed by atoms with E-state index in [9.17, 15) is 19.8 Å². The van der Waals surface area contributed by atoms with Gasteiger partial charge < -0.3 is 19.7 Å². The molecule has 0 amide bonds. The van der Waals surface area contributed by atoms with Gasteiger partial charge in [-0.1, -0.05) is 6.08 Å². The molecule has 1 unspecified atom stereocenters. The highest BCUT2D eigenvalue weighted by Crippen LogP contribution is 2.09. The average molecular weight is 284 g/mol. The lowest BCUT2D eigenvalue weighted by molar-refractivity contribution is -0.144. The van der Waals surface area contributed by atoms with Gasteiger partial charge in [0, 0.05) is 25.0 Å². The van der Waals surface area contributed by atoms with Gasteiger partial charge in [0.25, 0.3) is 0 Å². The standard InChI is InChI=1S/C14H20O6/c1-9-4-3-5-13(17)20-10(2)8-12(16)11(15)6-7-14(18)19-9/h3,5-7,9-12,15-16H,4,8H2,1-2H3/t9-,10?,11-,12-/m1/s1. The summed E-state index contributed by atoms with van der Waals surface area (Å²) in [6.07, 6.45) is 2.20. The molecule has 0 radical (unpaired) electrons. The molecule has 1 rings (SSSR count). The second kappa shape index (κ2) is 7.81. The summed E-state index contributed by atoms with van der Waals surface area (Å²) in [7, 11) is 0. The first-order valence-corrected chi connectivity index (χ1v) is 6.50. The summed E-state index contributed by atoms with van der Waals surface area (Å²) in [5.74, 6) is -1.14. The smallest absolute Gasteiger partial charge is 0.330 e. The molecule has 0 spiro atoms. The van der Waals surface area contributed by atoms with Gasteiger partial charge in [0.2, 0.25) is 0 Å². The Morgan fingerprint density at radius 1 is 1.05 bits per heavy atom. The topological polar surface area (TPSA) is 93.1 Å². The van der Waals surface area contributed by atoms with E-state index in [1.165, 1.54) is 6.08 Å². The molecule has 1 aliphatic rings. The van der Waals surface area contributed by atoms with E-state index >= 15 is 0 Å². The molecule has 0 aromatic carbocycles. The molecule has 20 heavy (non-hydrogen) atoms. The molecule has 0 aromatic rings. The maximum atomic E-state index is 11.4. The van der Waals surface area contributed by atoms with Crippen molar-refractivity contribution in [1.29, 1.82) is 0 Å². The monoisotopic (exact) mass is 284 g/mol. The molecule has 6 heteroatoms. The Hall–Kier alpha value is -1.66. The summed E-state index contributed by atoms with van der Waals surface area (Å²) in [6.45, 7) is 3.30. The number of carbonyl (C=O) groups is 2. The summed E-state index contributed by atoms with van der Waals surface area (Å²) in [6, 6.07) is 0. The van der Waals surface area contributed by atoms with Crippen molar-refractivity contribution in [3.63, 3.8) is 0 Å². The van der Waals surface area contributed by atoms with E-state index in [0.29, 0.717) is 6.42 Å². The number of aliphatic hydroxyl groups is 2. The van der Waals surface area contributed by atoms with Crippen LogP contribution < -0.4 is 0 Å². The Morgan fingerprint density at radius 3 is 2.35 bits per heavy atom. The van der Waals surface area contributed by atoms with Gasteiger partial charge in [-0.05, 0) is 19.9 Å². The number of hydrogen-bond donors (Lipinski definition) is 2. The van der Waals surface area contributed by atoms with Crippen LogP contribution in [0.1, 0.15) is 26.7 Å². The van der Waals surface area contributed by atoms with Crippen LogP contribution in [-0.4, -0.2) is 46.6 Å². The molecule has 0 aliphatic carbocycles. The van der Waals surface area contributed by atoms with Gasteiger partial charge in [-0.2, -0.15) is 0 Å². The van der Waals surface area contributed by atoms with Crippen LogP contribution >= 0.6 is 0 Å². The van der Waals surface area contributed by atoms with E-state index in [1.54, 1.807) is 19.9 Å². The van der Waals surface area contributed by atoms with Gasteiger partial charge in [-0.3, -0.25) is 0 Å². The van der Waals surface area contributed by atoms with Crippen LogP contribution in [0.25, 0.3) is 0 Å². The maximum Gasteiger partial charge on any atom is 0.330 e. The minimum atomic E-state index is -1.22. The summed E-state index contributed by atoms with van der Waals surface area (Å²) < 4.78 is 10.1. The van der Waals surface area contributed by atoms with Crippen LogP contribution in [0.2, 0.25) is 0 Å². The van der Waals surface area contributed by atoms with Crippen LogP contribution in [0.5, 0.6) is 0 Å². The molecule has 6 nitrogen and oxygen atoms in total. The van der Waals surface area contributed by atoms with Crippen LogP contribution in [-0.2, 0) is 19.1 Å². The Morgan fingerprint density at radius 2 is 1.65 bits per heavy atom. The highest BCUT2D eigenvalue weighted by Gasteiger charge is 2.19. The first kappa shape index (κ1) is 16.4. The predicted molar refractivity (Wildman–Crippen MR) is 70.6 cm³/mol. The van der Waals surface area contributed by atoms with Crippen molar-refractivity contribution in [3.8, 4) is 0 Å². The van der Waals surface area contributed by atoms with Crippen LogP contribution in [0.3, 0.4) is 0 Å². The lowest BCUT2D eigenvalue weighted by atomic mass is 10.1. The van der Waals surface area contributed by atoms with Crippen LogP contribution in [0, 0.1) is 0 Å². The summed E-state index contributed by atoms with van der Waals surface area (Å²) in [5.41, 5.74) is 0. The van der Waals surface area contributed by atoms with E-state index in [-0.39, 0.29) is 6.42 Å². The maximum absolute atomic E-state index is 11.4. The largest absolute Gasteiger partial charge is 0.459 e. The number of esters is 2. The quantitative estimate of drug-likeness (QED) is 0.628. The van der Waals surface area contributed by atoms with Gasteiger partial charge in [0.1, 0.15) is 12.2 Å². The third kappa shape index (κ3) is 5.99. The van der Waals surface area contributed by atoms with Crippen molar-refractivity contribution in [1.82, 2.24) is 0 Å². The molecule has 4 atom stereocenters. The van der Waals surface area contributed by atoms with Gasteiger partial charge in [0.05, 0.1) is 12.2 Å². The molecular formula is C14H20O6. The van der Waals surface area contributed by atoms with Crippen molar-refractivity contribution in [3.05, 3.63) is 24.3 Å². The Bertz CT molecular complexity index is 400. The number of cyclic esters (lactones) is 2. The molecule has 0 saturated carbocycles. The van der Waals surface area contributed by atoms with Gasteiger partial charge in [0.15, 0.2) is 0 Å². The summed E-state index contributed by atoms with van der Waals surface area (Å²) in [4.78, 5) is 22.9. The lowest BCUT2D eigenvalue weighted by Gasteiger charge is -2.19. The molecule has 0 saturated heterocycles. The molecule has 112 valence electrons. The Labute approximate surface area is 117 Å². The SMILES string of the molecule is CC1C[C@@H](O)[C@H](O)C=CC(=O)O[C@H](C)CC=CC(=O)O1. The molecule has 0 aromatic heterocycles. The first-order chi connectivity index (χ1) is 9.38. The molecule has 2 N–H and O–H groups in total. The highest BCUT2D eigenvalue weighted by atomic mass is 16.5. The molecule has 1 aliphatic heterocycles. The second-order valence-electron chi connectivity index (χ2n) is 4.79. The normalized spacial score (nSPS) is 33.2. The molecular weight excluding hydrogens is 264 g/mol. The van der Waals surface area contributed by atoms with Crippen molar-refractivity contribution in [2.24, 2.45) is 0 Å². The van der Waals surface area contributed by atoms with Crippen LogP contribution in [0.4, 0.5) is 0 Å². The van der Waals surface area contributed by atoms with E-state index < -0.39 is 36.4 Å². The van der Waals surface area contributed by atoms with Gasteiger partial charge in [-0.25, -0.2) is 9.59 Å². The zero-order chi connectivity index (χ0) is 15.1. The fourth-order valence-electron chi connectivity index (χ4n) is 1.71. The second-order valence-corrected chi connectivity index (χ2v) is 4.79. The minimum absolute atomic E-state index is 0.0660. The van der Waals surface area contributed by atoms with E-state index in [0.717, 1.165) is 12.2 Å². The molecule has 0 fully saturated rings. The lowest BCUT2D eigenvalue weighted by Crippen LogP contribution is -2.29. The fourth-order valence-corrected chi connectivity index (χ4v) is 1.71. The molecule has 0 bridgehead atoms. The zero-order valence-corrected chi connectivity index (χ0v) is 11.6. The Balaban J connectivity index is 2.79. The average Bonchev–Trinajstić information content (AvgIpc) is 2.34. The third-order valence-electron chi connectivity index (χ3n) is 2.75. The number of carbonyl (C=O) groups excluding carboxylic acids is 2. The minimum Gasteiger partial charge on any atom is -0.459 e. The zero-order valence-electron chi connectivity index (χ0n) is 11.6. The number of rotatable bonds is 0. The third-order valence-corrected chi connectivity index (χ3v) is 2.75. The van der Waals surface area contributed by atoms with Crippen LogP contribution in [0.15, 0.2) is 24.3 Å². The number of ether oxygens (including phenoxy) is 2. The van der Waals surface area contributed by atoms with Crippen molar-refractivity contribution >= 4 is 11.9 Å². The van der Waals surface area contributed by atoms with Gasteiger partial charge in [-0.15, -0.1) is 0 Å². The summed E-state index contributed by atoms with van der Waals surface area (Å²) >= 11 is 0. The molecule has 1 heterocycles. The van der Waals surface area contributed by atoms with Crippen molar-refractivity contribution < 1.29 is 29.3 Å². The van der Waals surface area contributed by atoms with E-state index in [2.05, 4.69) is 0 Å². The fraction of sp³-hybridized carbons (Fsp3) is 0.571. The highest BCUT2D eigenvalue weighted by molar-refractivity contribution is 5.82. The van der Waals surface area contributed by atoms with E-state index in [4.69, 9.17) is 9.47 Å². The number of aliphatic hydroxyl groups excluding tert-OH is 2. The number of hydrogen-bond acceptors (Lipinski definition) is 6. The Kier molecular flexibility index (Phi) is 6.41.